The highest BCUT2D eigenvalue weighted by Gasteiger charge is 2.42. The number of aromatic nitrogens is 3. The Bertz CT molecular complexity index is 2680. The lowest BCUT2D eigenvalue weighted by Gasteiger charge is -2.36. The summed E-state index contributed by atoms with van der Waals surface area (Å²) in [6.45, 7) is 3.50. The molecule has 0 radical (unpaired) electrons. The van der Waals surface area contributed by atoms with Crippen LogP contribution in [0.25, 0.3) is 11.1 Å². The summed E-state index contributed by atoms with van der Waals surface area (Å²) >= 11 is 1.27. The summed E-state index contributed by atoms with van der Waals surface area (Å²) in [4.78, 5) is 79.0. The fraction of sp³-hybridized carbons (Fsp3) is 0.396. The molecule has 3 fully saturated rings. The molecule has 0 bridgehead atoms. The summed E-state index contributed by atoms with van der Waals surface area (Å²) < 4.78 is 39.5. The molecule has 2 aromatic heterocycles. The molecule has 5 aliphatic heterocycles. The lowest BCUT2D eigenvalue weighted by molar-refractivity contribution is -0.135. The molecular weight excluding hydrogens is 869 g/mol. The van der Waals surface area contributed by atoms with Gasteiger partial charge in [0.2, 0.25) is 17.7 Å². The number of carbonyl (C=O) groups is 5. The topological polar surface area (TPSA) is 171 Å². The molecule has 0 spiro atoms. The van der Waals surface area contributed by atoms with Crippen molar-refractivity contribution in [1.29, 1.82) is 0 Å². The first kappa shape index (κ1) is 43.4. The van der Waals surface area contributed by atoms with Crippen molar-refractivity contribution in [3.8, 4) is 16.9 Å². The predicted molar refractivity (Wildman–Crippen MR) is 241 cm³/mol. The number of aryl methyl sites for hydroxylation is 1. The Kier molecular flexibility index (Phi) is 12.1. The number of benzene rings is 3. The standard InChI is InChI=1S/C48H49F2N9O6S/c49-37-23-30(22-35-36(37)25-59(47(35)64)44(46(63)55-48-51-15-21-66-48)43-40-2-1-16-58(40)27-52-43)28-3-6-32(7-4-28)65-33-13-19-57(20-14-33)42(61)26-56-17-11-29(12-18-56)34-8-5-31(24-38(34)50)53-39-9-10-41(60)54-45(39)62/h3-8,15,21-24,27,29,33,39,44,53H,1-2,9-14,16-20,25-26H2,(H,51,55,63)(H,54,60,62). The first-order valence-corrected chi connectivity index (χ1v) is 23.5. The van der Waals surface area contributed by atoms with Crippen molar-refractivity contribution in [2.24, 2.45) is 0 Å². The third-order valence-corrected chi connectivity index (χ3v) is 14.2. The van der Waals surface area contributed by atoms with Crippen molar-refractivity contribution in [1.82, 2.24) is 34.6 Å². The van der Waals surface area contributed by atoms with E-state index in [1.165, 1.54) is 28.4 Å². The number of imide groups is 1. The molecule has 18 heteroatoms. The first-order chi connectivity index (χ1) is 32.0. The Balaban J connectivity index is 0.706. The number of imidazole rings is 1. The van der Waals surface area contributed by atoms with Crippen LogP contribution in [0.3, 0.4) is 0 Å². The van der Waals surface area contributed by atoms with Gasteiger partial charge in [0.05, 0.1) is 25.1 Å². The fourth-order valence-electron chi connectivity index (χ4n) is 9.98. The minimum Gasteiger partial charge on any atom is -0.490 e. The largest absolute Gasteiger partial charge is 0.490 e. The van der Waals surface area contributed by atoms with Crippen molar-refractivity contribution in [3.63, 3.8) is 0 Å². The predicted octanol–water partition coefficient (Wildman–Crippen LogP) is 6.03. The van der Waals surface area contributed by atoms with Crippen molar-refractivity contribution in [2.45, 2.75) is 88.6 Å². The maximum absolute atomic E-state index is 15.9. The van der Waals surface area contributed by atoms with Gasteiger partial charge < -0.3 is 24.4 Å². The van der Waals surface area contributed by atoms with Crippen LogP contribution in [0.2, 0.25) is 0 Å². The smallest absolute Gasteiger partial charge is 0.255 e. The zero-order valence-electron chi connectivity index (χ0n) is 36.1. The van der Waals surface area contributed by atoms with E-state index < -0.39 is 35.6 Å². The van der Waals surface area contributed by atoms with Crippen LogP contribution in [-0.2, 0) is 38.7 Å². The van der Waals surface area contributed by atoms with Gasteiger partial charge in [-0.2, -0.15) is 0 Å². The first-order valence-electron chi connectivity index (χ1n) is 22.6. The molecule has 5 aliphatic rings. The Morgan fingerprint density at radius 3 is 2.42 bits per heavy atom. The Morgan fingerprint density at radius 2 is 1.68 bits per heavy atom. The van der Waals surface area contributed by atoms with Crippen molar-refractivity contribution in [2.75, 3.05) is 43.4 Å². The quantitative estimate of drug-likeness (QED) is 0.126. The normalized spacial score (nSPS) is 19.7. The third kappa shape index (κ3) is 8.90. The van der Waals surface area contributed by atoms with Crippen molar-refractivity contribution in [3.05, 3.63) is 112 Å². The van der Waals surface area contributed by atoms with Crippen molar-refractivity contribution >= 4 is 51.7 Å². The van der Waals surface area contributed by atoms with E-state index in [0.29, 0.717) is 90.9 Å². The number of ether oxygens (including phenoxy) is 1. The molecule has 15 nitrogen and oxygen atoms in total. The lowest BCUT2D eigenvalue weighted by atomic mass is 9.89. The van der Waals surface area contributed by atoms with Crippen LogP contribution >= 0.6 is 11.3 Å². The summed E-state index contributed by atoms with van der Waals surface area (Å²) in [5, 5.41) is 10.3. The van der Waals surface area contributed by atoms with E-state index in [-0.39, 0.29) is 53.7 Å². The zero-order chi connectivity index (χ0) is 45.5. The monoisotopic (exact) mass is 917 g/mol. The Hall–Kier alpha value is -6.53. The maximum Gasteiger partial charge on any atom is 0.255 e. The van der Waals surface area contributed by atoms with E-state index in [2.05, 4.69) is 30.8 Å². The third-order valence-electron chi connectivity index (χ3n) is 13.5. The van der Waals surface area contributed by atoms with E-state index in [4.69, 9.17) is 4.74 Å². The number of hydrogen-bond acceptors (Lipinski definition) is 11. The number of halogens is 2. The van der Waals surface area contributed by atoms with Gasteiger partial charge in [0.1, 0.15) is 29.5 Å². The molecule has 3 saturated heterocycles. The molecule has 342 valence electrons. The number of carbonyl (C=O) groups excluding carboxylic acids is 5. The summed E-state index contributed by atoms with van der Waals surface area (Å²) in [5.74, 6) is -1.73. The minimum absolute atomic E-state index is 0.0240. The molecule has 7 heterocycles. The summed E-state index contributed by atoms with van der Waals surface area (Å²) in [7, 11) is 0. The van der Waals surface area contributed by atoms with Gasteiger partial charge in [-0.15, -0.1) is 11.3 Å². The molecule has 3 aromatic carbocycles. The highest BCUT2D eigenvalue weighted by molar-refractivity contribution is 7.13. The zero-order valence-corrected chi connectivity index (χ0v) is 37.0. The summed E-state index contributed by atoms with van der Waals surface area (Å²) in [5.41, 5.74) is 4.18. The number of amides is 5. The number of thiazole rings is 1. The van der Waals surface area contributed by atoms with E-state index in [1.807, 2.05) is 33.7 Å². The molecule has 5 amide bonds. The second-order valence-electron chi connectivity index (χ2n) is 17.7. The number of fused-ring (bicyclic) bond motifs is 2. The fourth-order valence-corrected chi connectivity index (χ4v) is 10.5. The van der Waals surface area contributed by atoms with E-state index >= 15 is 8.78 Å². The Morgan fingerprint density at radius 1 is 0.879 bits per heavy atom. The average molecular weight is 918 g/mol. The lowest BCUT2D eigenvalue weighted by Crippen LogP contribution is -2.47. The molecule has 0 aliphatic carbocycles. The number of anilines is 2. The molecule has 0 saturated carbocycles. The molecular formula is C48H49F2N9O6S. The van der Waals surface area contributed by atoms with Gasteiger partial charge in [-0.3, -0.25) is 39.5 Å². The number of likely N-dealkylation sites (tertiary alicyclic amines) is 2. The summed E-state index contributed by atoms with van der Waals surface area (Å²) in [6.07, 6.45) is 8.21. The van der Waals surface area contributed by atoms with Gasteiger partial charge in [-0.25, -0.2) is 18.7 Å². The van der Waals surface area contributed by atoms with Crippen LogP contribution < -0.4 is 20.7 Å². The van der Waals surface area contributed by atoms with Gasteiger partial charge in [0.25, 0.3) is 11.8 Å². The van der Waals surface area contributed by atoms with E-state index in [1.54, 1.807) is 36.1 Å². The van der Waals surface area contributed by atoms with Crippen LogP contribution in [0.1, 0.15) is 89.8 Å². The number of piperidine rings is 3. The second kappa shape index (κ2) is 18.4. The number of hydrogen-bond donors (Lipinski definition) is 3. The molecule has 2 atom stereocenters. The molecule has 5 aromatic rings. The van der Waals surface area contributed by atoms with Gasteiger partial charge in [-0.05, 0) is 104 Å². The summed E-state index contributed by atoms with van der Waals surface area (Å²) in [6, 6.07) is 13.7. The van der Waals surface area contributed by atoms with Crippen LogP contribution in [0.4, 0.5) is 19.6 Å². The van der Waals surface area contributed by atoms with Gasteiger partial charge in [0, 0.05) is 73.0 Å². The molecule has 3 N–H and O–H groups in total. The Labute approximate surface area is 383 Å². The minimum atomic E-state index is -1.07. The second-order valence-corrected chi connectivity index (χ2v) is 18.6. The molecule has 66 heavy (non-hydrogen) atoms. The number of nitrogens with zero attached hydrogens (tertiary/aromatic N) is 6. The van der Waals surface area contributed by atoms with Crippen molar-refractivity contribution < 1.29 is 37.5 Å². The van der Waals surface area contributed by atoms with Crippen LogP contribution in [0, 0.1) is 11.6 Å². The molecule has 2 unspecified atom stereocenters. The van der Waals surface area contributed by atoms with Gasteiger partial charge in [-0.1, -0.05) is 18.2 Å². The molecule has 10 rings (SSSR count). The average Bonchev–Trinajstić information content (AvgIpc) is 4.14. The van der Waals surface area contributed by atoms with Gasteiger partial charge in [0.15, 0.2) is 11.2 Å². The highest BCUT2D eigenvalue weighted by Crippen LogP contribution is 2.39. The van der Waals surface area contributed by atoms with E-state index in [0.717, 1.165) is 37.9 Å². The number of nitrogens with one attached hydrogen (secondary N) is 3. The SMILES string of the molecule is O=C1CCC(Nc2ccc(C3CCN(CC(=O)N4CCC(Oc5ccc(-c6cc(F)c7c(c6)C(=O)N(C(C(=O)Nc6nccs6)c6ncn8c6CCC8)C7)cc5)CC4)CC3)c(F)c2)C(=O)N1. The van der Waals surface area contributed by atoms with E-state index in [9.17, 15) is 24.0 Å². The highest BCUT2D eigenvalue weighted by atomic mass is 32.1. The van der Waals surface area contributed by atoms with Crippen LogP contribution in [0.5, 0.6) is 5.75 Å². The number of rotatable bonds is 12. The van der Waals surface area contributed by atoms with Crippen LogP contribution in [-0.4, -0.2) is 104 Å². The maximum atomic E-state index is 15.9. The van der Waals surface area contributed by atoms with Gasteiger partial charge >= 0.3 is 0 Å². The van der Waals surface area contributed by atoms with Crippen LogP contribution in [0.15, 0.2) is 72.5 Å².